The summed E-state index contributed by atoms with van der Waals surface area (Å²) in [4.78, 5) is 51.5. The summed E-state index contributed by atoms with van der Waals surface area (Å²) in [7, 11) is 0. The Morgan fingerprint density at radius 2 is 1.52 bits per heavy atom. The van der Waals surface area contributed by atoms with Crippen LogP contribution in [0.5, 0.6) is 0 Å². The number of esters is 1. The molecule has 5 fully saturated rings. The Balaban J connectivity index is 1.44. The smallest absolute Gasteiger partial charge is 0.326 e. The van der Waals surface area contributed by atoms with Crippen molar-refractivity contribution in [1.29, 1.82) is 0 Å². The molecule has 0 radical (unpaired) electrons. The summed E-state index contributed by atoms with van der Waals surface area (Å²) in [5.74, 6) is -0.668. The molecule has 0 aromatic carbocycles. The van der Waals surface area contributed by atoms with Crippen molar-refractivity contribution < 1.29 is 34.1 Å². The molecular weight excluding hydrogens is 630 g/mol. The molecule has 0 aliphatic heterocycles. The number of allylic oxidation sites excluding steroid dienone is 1. The number of nitrogens with one attached hydrogen (secondary N) is 1. The van der Waals surface area contributed by atoms with Crippen LogP contribution >= 0.6 is 0 Å². The number of carbonyl (C=O) groups excluding carboxylic acids is 2. The van der Waals surface area contributed by atoms with E-state index in [9.17, 15) is 29.4 Å². The molecule has 0 spiro atoms. The van der Waals surface area contributed by atoms with E-state index >= 15 is 0 Å². The van der Waals surface area contributed by atoms with Crippen LogP contribution in [0.4, 0.5) is 0 Å². The van der Waals surface area contributed by atoms with Crippen LogP contribution < -0.4 is 5.32 Å². The van der Waals surface area contributed by atoms with Gasteiger partial charge in [-0.15, -0.1) is 0 Å². The maximum Gasteiger partial charge on any atom is 0.326 e. The van der Waals surface area contributed by atoms with Gasteiger partial charge in [-0.2, -0.15) is 0 Å². The standard InChI is InChI=1S/C42H67NO7/c1-24(2)22-28(34(46)47)43-35(48)42-19-14-26(25(3)4)33(42)27-12-13-30-39(9)17-16-31(50-36(49)37(5,6)23-32(44)45)38(7,8)29(39)15-18-41(30,11)40(27,10)20-21-42/h24,26-31,33H,3,12-23H2,1-2,4-11H3,(H,43,48)(H,44,45)(H,46,47)/t26-,27+,28-,29-,30+,31-,33+,39-,40+,41+,42-/m0/s1. The first-order chi connectivity index (χ1) is 23.0. The Labute approximate surface area is 301 Å². The number of rotatable bonds is 10. The molecule has 5 saturated carbocycles. The van der Waals surface area contributed by atoms with Crippen molar-refractivity contribution in [3.8, 4) is 0 Å². The highest BCUT2D eigenvalue weighted by atomic mass is 16.5. The van der Waals surface area contributed by atoms with Gasteiger partial charge in [-0.05, 0) is 143 Å². The van der Waals surface area contributed by atoms with Crippen LogP contribution in [0, 0.1) is 68.0 Å². The van der Waals surface area contributed by atoms with E-state index in [4.69, 9.17) is 4.74 Å². The number of fused-ring (bicyclic) bond motifs is 7. The van der Waals surface area contributed by atoms with E-state index < -0.39 is 34.8 Å². The van der Waals surface area contributed by atoms with Gasteiger partial charge in [-0.1, -0.05) is 60.6 Å². The van der Waals surface area contributed by atoms with Gasteiger partial charge in [-0.3, -0.25) is 14.4 Å². The zero-order valence-electron chi connectivity index (χ0n) is 32.7. The van der Waals surface area contributed by atoms with Crippen molar-refractivity contribution in [1.82, 2.24) is 5.32 Å². The minimum Gasteiger partial charge on any atom is -0.481 e. The van der Waals surface area contributed by atoms with Gasteiger partial charge in [0.15, 0.2) is 0 Å². The summed E-state index contributed by atoms with van der Waals surface area (Å²) in [5, 5.41) is 22.5. The molecular formula is C42H67NO7. The molecule has 5 aliphatic carbocycles. The van der Waals surface area contributed by atoms with Crippen LogP contribution in [0.2, 0.25) is 0 Å². The average Bonchev–Trinajstić information content (AvgIpc) is 3.39. The van der Waals surface area contributed by atoms with Gasteiger partial charge < -0.3 is 20.3 Å². The third kappa shape index (κ3) is 5.94. The topological polar surface area (TPSA) is 130 Å². The lowest BCUT2D eigenvalue weighted by Crippen LogP contribution is -2.67. The Hall–Kier alpha value is -2.38. The Kier molecular flexibility index (Phi) is 10.0. The summed E-state index contributed by atoms with van der Waals surface area (Å²) in [6.45, 7) is 26.0. The summed E-state index contributed by atoms with van der Waals surface area (Å²) in [6, 6.07) is -0.876. The third-order valence-electron chi connectivity index (χ3n) is 16.2. The Morgan fingerprint density at radius 3 is 2.10 bits per heavy atom. The zero-order chi connectivity index (χ0) is 37.4. The van der Waals surface area contributed by atoms with Crippen LogP contribution in [-0.2, 0) is 23.9 Å². The molecule has 282 valence electrons. The van der Waals surface area contributed by atoms with E-state index in [0.717, 1.165) is 69.8 Å². The average molecular weight is 698 g/mol. The second-order valence-electron chi connectivity index (χ2n) is 20.0. The van der Waals surface area contributed by atoms with Gasteiger partial charge in [0.25, 0.3) is 0 Å². The second kappa shape index (κ2) is 12.9. The quantitative estimate of drug-likeness (QED) is 0.154. The fourth-order valence-corrected chi connectivity index (χ4v) is 13.5. The van der Waals surface area contributed by atoms with Gasteiger partial charge in [0, 0.05) is 5.41 Å². The molecule has 50 heavy (non-hydrogen) atoms. The molecule has 8 heteroatoms. The van der Waals surface area contributed by atoms with Crippen molar-refractivity contribution in [3.63, 3.8) is 0 Å². The van der Waals surface area contributed by atoms with Gasteiger partial charge in [0.05, 0.1) is 17.3 Å². The number of aliphatic carboxylic acids is 2. The van der Waals surface area contributed by atoms with Crippen LogP contribution in [-0.4, -0.2) is 46.2 Å². The van der Waals surface area contributed by atoms with Crippen LogP contribution in [0.25, 0.3) is 0 Å². The molecule has 8 nitrogen and oxygen atoms in total. The normalized spacial score (nSPS) is 41.1. The number of carboxylic acids is 2. The van der Waals surface area contributed by atoms with Gasteiger partial charge >= 0.3 is 17.9 Å². The Bertz CT molecular complexity index is 1400. The highest BCUT2D eigenvalue weighted by molar-refractivity contribution is 5.88. The number of hydrogen-bond acceptors (Lipinski definition) is 5. The van der Waals surface area contributed by atoms with E-state index in [0.29, 0.717) is 24.2 Å². The fraction of sp³-hybridized carbons (Fsp3) is 0.857. The second-order valence-corrected chi connectivity index (χ2v) is 20.0. The maximum atomic E-state index is 14.5. The van der Waals surface area contributed by atoms with Gasteiger partial charge in [0.2, 0.25) is 5.91 Å². The molecule has 5 aliphatic rings. The van der Waals surface area contributed by atoms with Crippen molar-refractivity contribution >= 4 is 23.8 Å². The Morgan fingerprint density at radius 1 is 0.860 bits per heavy atom. The highest BCUT2D eigenvalue weighted by Crippen LogP contribution is 2.77. The van der Waals surface area contributed by atoms with Crippen molar-refractivity contribution in [2.24, 2.45) is 68.0 Å². The summed E-state index contributed by atoms with van der Waals surface area (Å²) >= 11 is 0. The monoisotopic (exact) mass is 697 g/mol. The SMILES string of the molecule is C=C(C)[C@@H]1CC[C@]2(C(=O)N[C@@H](CC(C)C)C(=O)O)CC[C@]3(C)[C@H](CC[C@@H]4[C@@]5(C)CC[C@H](OC(=O)C(C)(C)CC(=O)O)C(C)(C)[C@@H]5CC[C@]43C)[C@@H]12. The molecule has 0 saturated heterocycles. The van der Waals surface area contributed by atoms with Crippen molar-refractivity contribution in [2.45, 2.75) is 158 Å². The number of amides is 1. The van der Waals surface area contributed by atoms with Crippen LogP contribution in [0.3, 0.4) is 0 Å². The van der Waals surface area contributed by atoms with E-state index in [1.54, 1.807) is 13.8 Å². The van der Waals surface area contributed by atoms with E-state index in [1.807, 2.05) is 13.8 Å². The lowest BCUT2D eigenvalue weighted by Gasteiger charge is -2.73. The molecule has 0 unspecified atom stereocenters. The van der Waals surface area contributed by atoms with Crippen molar-refractivity contribution in [3.05, 3.63) is 12.2 Å². The zero-order valence-corrected chi connectivity index (χ0v) is 32.7. The van der Waals surface area contributed by atoms with Crippen molar-refractivity contribution in [2.75, 3.05) is 0 Å². The summed E-state index contributed by atoms with van der Waals surface area (Å²) in [5.41, 5.74) is -0.612. The first kappa shape index (κ1) is 38.8. The molecule has 5 rings (SSSR count). The molecule has 11 atom stereocenters. The lowest BCUT2D eigenvalue weighted by atomic mass is 9.32. The number of hydrogen-bond donors (Lipinski definition) is 3. The van der Waals surface area contributed by atoms with E-state index in [-0.39, 0.29) is 57.8 Å². The molecule has 1 amide bonds. The summed E-state index contributed by atoms with van der Waals surface area (Å²) in [6.07, 6.45) is 9.39. The molecule has 0 aromatic rings. The number of carbonyl (C=O) groups is 4. The number of ether oxygens (including phenoxy) is 1. The maximum absolute atomic E-state index is 14.5. The van der Waals surface area contributed by atoms with Gasteiger partial charge in [-0.25, -0.2) is 4.79 Å². The third-order valence-corrected chi connectivity index (χ3v) is 16.2. The molecule has 3 N–H and O–H groups in total. The first-order valence-corrected chi connectivity index (χ1v) is 19.6. The fourth-order valence-electron chi connectivity index (χ4n) is 13.5. The van der Waals surface area contributed by atoms with E-state index in [1.165, 1.54) is 0 Å². The lowest BCUT2D eigenvalue weighted by molar-refractivity contribution is -0.250. The first-order valence-electron chi connectivity index (χ1n) is 19.6. The predicted octanol–water partition coefficient (Wildman–Crippen LogP) is 8.67. The molecule has 0 bridgehead atoms. The van der Waals surface area contributed by atoms with Crippen LogP contribution in [0.1, 0.15) is 146 Å². The van der Waals surface area contributed by atoms with E-state index in [2.05, 4.69) is 53.4 Å². The van der Waals surface area contributed by atoms with Gasteiger partial charge in [0.1, 0.15) is 12.1 Å². The summed E-state index contributed by atoms with van der Waals surface area (Å²) < 4.78 is 6.23. The molecule has 0 aromatic heterocycles. The highest BCUT2D eigenvalue weighted by Gasteiger charge is 2.72. The number of carboxylic acid groups (broad SMARTS) is 2. The minimum absolute atomic E-state index is 0.0226. The molecule has 0 heterocycles. The predicted molar refractivity (Wildman–Crippen MR) is 194 cm³/mol. The van der Waals surface area contributed by atoms with Crippen LogP contribution in [0.15, 0.2) is 12.2 Å². The largest absolute Gasteiger partial charge is 0.481 e. The minimum atomic E-state index is -1.08.